The van der Waals surface area contributed by atoms with Gasteiger partial charge in [-0.1, -0.05) is 25.5 Å². The maximum atomic E-state index is 13.0. The van der Waals surface area contributed by atoms with Crippen LogP contribution in [0, 0.1) is 0 Å². The summed E-state index contributed by atoms with van der Waals surface area (Å²) in [5.74, 6) is 0.186. The molecule has 174 valence electrons. The first-order valence-corrected chi connectivity index (χ1v) is 12.1. The van der Waals surface area contributed by atoms with E-state index in [1.54, 1.807) is 6.07 Å². The van der Waals surface area contributed by atoms with Crippen molar-refractivity contribution in [3.63, 3.8) is 0 Å². The highest BCUT2D eigenvalue weighted by molar-refractivity contribution is 7.88. The number of unbranched alkanes of at least 4 members (excludes halogenated alkanes) is 1. The van der Waals surface area contributed by atoms with Crippen LogP contribution < -0.4 is 8.92 Å². The molecule has 0 radical (unpaired) electrons. The molecule has 2 heterocycles. The van der Waals surface area contributed by atoms with Crippen molar-refractivity contribution in [1.82, 2.24) is 4.90 Å². The summed E-state index contributed by atoms with van der Waals surface area (Å²) < 4.78 is 78.7. The number of methoxy groups -OCH3 is 1. The van der Waals surface area contributed by atoms with Gasteiger partial charge in [0, 0.05) is 18.2 Å². The summed E-state index contributed by atoms with van der Waals surface area (Å²) in [6.07, 6.45) is 6.85. The van der Waals surface area contributed by atoms with Crippen molar-refractivity contribution in [2.24, 2.45) is 0 Å². The van der Waals surface area contributed by atoms with Crippen LogP contribution in [0.3, 0.4) is 0 Å². The van der Waals surface area contributed by atoms with E-state index in [9.17, 15) is 21.6 Å². The molecule has 2 aliphatic heterocycles. The van der Waals surface area contributed by atoms with Crippen LogP contribution >= 0.6 is 0 Å². The van der Waals surface area contributed by atoms with Crippen LogP contribution in [0.2, 0.25) is 0 Å². The molecule has 1 fully saturated rings. The van der Waals surface area contributed by atoms with E-state index in [0.717, 1.165) is 42.6 Å². The molecule has 6 nitrogen and oxygen atoms in total. The lowest BCUT2D eigenvalue weighted by Gasteiger charge is -2.53. The van der Waals surface area contributed by atoms with E-state index in [4.69, 9.17) is 9.47 Å². The lowest BCUT2D eigenvalue weighted by molar-refractivity contribution is -0.0500. The molecule has 1 spiro atoms. The Bertz CT molecular complexity index is 1130. The van der Waals surface area contributed by atoms with Gasteiger partial charge in [-0.15, -0.1) is 0 Å². The number of likely N-dealkylation sites (tertiary alicyclic amines) is 1. The fourth-order valence-corrected chi connectivity index (χ4v) is 6.16. The van der Waals surface area contributed by atoms with Crippen LogP contribution in [0.5, 0.6) is 11.5 Å². The van der Waals surface area contributed by atoms with Crippen molar-refractivity contribution >= 4 is 10.1 Å². The average Bonchev–Trinajstić information content (AvgIpc) is 3.08. The molecular weight excluding hydrogens is 447 g/mol. The predicted octanol–water partition coefficient (Wildman–Crippen LogP) is 3.81. The number of allylic oxidation sites excluding steroid dienone is 2. The Morgan fingerprint density at radius 2 is 2.06 bits per heavy atom. The first-order valence-electron chi connectivity index (χ1n) is 10.7. The standard InChI is InChI=1S/C22H24F3NO5S/c1-3-4-10-26-11-9-21-14-6-8-17(29-2)20(21)30-19-16(31-32(27,28)22(23,24)25)7-5-13(18(19)21)12-15(14)26/h5-8,15,20H,3-4,9-12H2,1-2H3/t15-,20+,21+/m1/s1. The molecule has 1 saturated heterocycles. The van der Waals surface area contributed by atoms with Gasteiger partial charge in [-0.2, -0.15) is 21.6 Å². The second-order valence-corrected chi connectivity index (χ2v) is 10.2. The largest absolute Gasteiger partial charge is 0.534 e. The monoisotopic (exact) mass is 471 g/mol. The summed E-state index contributed by atoms with van der Waals surface area (Å²) in [5.41, 5.74) is -3.31. The molecular formula is C22H24F3NO5S. The third kappa shape index (κ3) is 2.84. The summed E-state index contributed by atoms with van der Waals surface area (Å²) in [4.78, 5) is 2.46. The third-order valence-electron chi connectivity index (χ3n) is 7.06. The summed E-state index contributed by atoms with van der Waals surface area (Å²) in [6.45, 7) is 3.93. The number of piperidine rings is 1. The number of ether oxygens (including phenoxy) is 2. The van der Waals surface area contributed by atoms with Gasteiger partial charge in [0.25, 0.3) is 0 Å². The molecule has 0 aromatic heterocycles. The zero-order valence-electron chi connectivity index (χ0n) is 17.7. The van der Waals surface area contributed by atoms with E-state index in [0.29, 0.717) is 18.6 Å². The molecule has 1 aromatic carbocycles. The van der Waals surface area contributed by atoms with Gasteiger partial charge in [0.1, 0.15) is 5.76 Å². The van der Waals surface area contributed by atoms with Crippen LogP contribution in [0.1, 0.15) is 37.3 Å². The second-order valence-electron chi connectivity index (χ2n) is 8.63. The summed E-state index contributed by atoms with van der Waals surface area (Å²) in [7, 11) is -4.30. The summed E-state index contributed by atoms with van der Waals surface area (Å²) >= 11 is 0. The minimum Gasteiger partial charge on any atom is -0.497 e. The zero-order chi connectivity index (χ0) is 22.9. The van der Waals surface area contributed by atoms with Crippen LogP contribution in [0.4, 0.5) is 13.2 Å². The number of hydrogen-bond donors (Lipinski definition) is 0. The van der Waals surface area contributed by atoms with E-state index >= 15 is 0 Å². The number of halogens is 3. The first kappa shape index (κ1) is 21.6. The lowest BCUT2D eigenvalue weighted by atomic mass is 9.57. The Morgan fingerprint density at radius 1 is 1.28 bits per heavy atom. The van der Waals surface area contributed by atoms with Crippen molar-refractivity contribution < 1.29 is 35.2 Å². The lowest BCUT2D eigenvalue weighted by Crippen LogP contribution is -2.59. The molecule has 10 heteroatoms. The van der Waals surface area contributed by atoms with Crippen LogP contribution in [0.25, 0.3) is 0 Å². The highest BCUT2D eigenvalue weighted by Gasteiger charge is 2.62. The van der Waals surface area contributed by atoms with E-state index in [1.165, 1.54) is 13.2 Å². The highest BCUT2D eigenvalue weighted by atomic mass is 32.2. The fraction of sp³-hybridized carbons (Fsp3) is 0.545. The van der Waals surface area contributed by atoms with Gasteiger partial charge in [-0.3, -0.25) is 4.90 Å². The molecule has 1 aromatic rings. The number of rotatable bonds is 6. The number of alkyl halides is 3. The van der Waals surface area contributed by atoms with Crippen molar-refractivity contribution in [1.29, 1.82) is 0 Å². The molecule has 3 atom stereocenters. The predicted molar refractivity (Wildman–Crippen MR) is 110 cm³/mol. The Balaban J connectivity index is 1.65. The van der Waals surface area contributed by atoms with Crippen molar-refractivity contribution in [2.75, 3.05) is 20.2 Å². The van der Waals surface area contributed by atoms with E-state index in [1.807, 2.05) is 12.2 Å². The van der Waals surface area contributed by atoms with Gasteiger partial charge < -0.3 is 13.7 Å². The van der Waals surface area contributed by atoms with Gasteiger partial charge in [-0.25, -0.2) is 0 Å². The molecule has 2 aliphatic carbocycles. The van der Waals surface area contributed by atoms with Gasteiger partial charge >= 0.3 is 15.6 Å². The molecule has 0 amide bonds. The molecule has 5 rings (SSSR count). The number of benzene rings is 1. The van der Waals surface area contributed by atoms with Crippen molar-refractivity contribution in [3.8, 4) is 11.5 Å². The molecule has 4 aliphatic rings. The molecule has 0 N–H and O–H groups in total. The Labute approximate surface area is 184 Å². The Kier molecular flexibility index (Phi) is 4.83. The van der Waals surface area contributed by atoms with Gasteiger partial charge in [0.15, 0.2) is 17.6 Å². The van der Waals surface area contributed by atoms with E-state index in [-0.39, 0.29) is 11.8 Å². The number of nitrogens with zero attached hydrogens (tertiary/aromatic N) is 1. The third-order valence-corrected chi connectivity index (χ3v) is 8.03. The van der Waals surface area contributed by atoms with Crippen LogP contribution in [-0.2, 0) is 26.7 Å². The molecule has 0 saturated carbocycles. The van der Waals surface area contributed by atoms with Crippen LogP contribution in [0.15, 0.2) is 35.6 Å². The first-order chi connectivity index (χ1) is 15.1. The van der Waals surface area contributed by atoms with Crippen LogP contribution in [-0.4, -0.2) is 51.2 Å². The highest BCUT2D eigenvalue weighted by Crippen LogP contribution is 2.62. The topological polar surface area (TPSA) is 65.1 Å². The maximum Gasteiger partial charge on any atom is 0.534 e. The van der Waals surface area contributed by atoms with Crippen molar-refractivity contribution in [3.05, 3.63) is 46.7 Å². The van der Waals surface area contributed by atoms with Gasteiger partial charge in [-0.05, 0) is 49.1 Å². The fourth-order valence-electron chi connectivity index (χ4n) is 5.70. The average molecular weight is 471 g/mol. The summed E-state index contributed by atoms with van der Waals surface area (Å²) in [6, 6.07) is 3.09. The number of hydrogen-bond acceptors (Lipinski definition) is 6. The molecule has 0 unspecified atom stereocenters. The van der Waals surface area contributed by atoms with E-state index < -0.39 is 32.9 Å². The normalized spacial score (nSPS) is 28.4. The molecule has 32 heavy (non-hydrogen) atoms. The molecule has 2 bridgehead atoms. The zero-order valence-corrected chi connectivity index (χ0v) is 18.6. The second kappa shape index (κ2) is 7.15. The van der Waals surface area contributed by atoms with Crippen molar-refractivity contribution in [2.45, 2.75) is 55.7 Å². The quantitative estimate of drug-likeness (QED) is 0.464. The Hall–Kier alpha value is -2.20. The van der Waals surface area contributed by atoms with Gasteiger partial charge in [0.05, 0.1) is 12.5 Å². The SMILES string of the molecule is CCCCN1CC[C@@]23C4=CC=C(OC)[C@@H]2Oc2c(OS(=O)(=O)C(F)(F)F)ccc(c23)C[C@H]41. The maximum absolute atomic E-state index is 13.0. The van der Waals surface area contributed by atoms with Gasteiger partial charge in [0.2, 0.25) is 0 Å². The Morgan fingerprint density at radius 3 is 2.75 bits per heavy atom. The smallest absolute Gasteiger partial charge is 0.497 e. The minimum atomic E-state index is -5.82. The van der Waals surface area contributed by atoms with E-state index in [2.05, 4.69) is 16.0 Å². The summed E-state index contributed by atoms with van der Waals surface area (Å²) in [5, 5.41) is 0. The minimum absolute atomic E-state index is 0.0662.